The first kappa shape index (κ1) is 46.9. The van der Waals surface area contributed by atoms with Crippen LogP contribution >= 0.6 is 0 Å². The molecule has 0 aliphatic carbocycles. The second-order valence-corrected chi connectivity index (χ2v) is 20.8. The summed E-state index contributed by atoms with van der Waals surface area (Å²) in [6.07, 6.45) is 1.92. The van der Waals surface area contributed by atoms with E-state index in [1.54, 1.807) is 0 Å². The molecule has 0 aliphatic rings. The Hall–Kier alpha value is -7.18. The molecule has 0 bridgehead atoms. The molecule has 0 amide bonds. The van der Waals surface area contributed by atoms with Gasteiger partial charge in [-0.3, -0.25) is 4.57 Å². The molecule has 2 heterocycles. The van der Waals surface area contributed by atoms with Gasteiger partial charge < -0.3 is 15.4 Å². The van der Waals surface area contributed by atoms with Crippen LogP contribution in [0.3, 0.4) is 0 Å². The molecule has 0 fully saturated rings. The fourth-order valence-corrected chi connectivity index (χ4v) is 9.71. The minimum atomic E-state index is -0.236. The smallest absolute Gasteiger partial charge is 0.137 e. The van der Waals surface area contributed by atoms with Crippen molar-refractivity contribution in [3.8, 4) is 39.6 Å². The molecule has 0 radical (unpaired) electrons. The number of anilines is 4. The Kier molecular flexibility index (Phi) is 13.0. The Morgan fingerprint density at radius 3 is 1.75 bits per heavy atom. The van der Waals surface area contributed by atoms with Crippen LogP contribution in [0, 0.1) is 5.82 Å². The minimum absolute atomic E-state index is 0.0342. The number of para-hydroxylation sites is 3. The monoisotopic (exact) mass is 913 g/mol. The first-order chi connectivity index (χ1) is 33.0. The van der Waals surface area contributed by atoms with Crippen molar-refractivity contribution < 1.29 is 9.13 Å². The lowest BCUT2D eigenvalue weighted by Crippen LogP contribution is -2.12. The lowest BCUT2D eigenvalue weighted by Gasteiger charge is -2.24. The number of fused-ring (bicyclic) bond motifs is 3. The van der Waals surface area contributed by atoms with Crippen LogP contribution in [0.1, 0.15) is 128 Å². The Balaban J connectivity index is 1.16. The van der Waals surface area contributed by atoms with Gasteiger partial charge in [0, 0.05) is 40.5 Å². The van der Waals surface area contributed by atoms with Gasteiger partial charge in [-0.25, -0.2) is 9.37 Å². The van der Waals surface area contributed by atoms with Crippen molar-refractivity contribution in [3.63, 3.8) is 0 Å². The maximum Gasteiger partial charge on any atom is 0.137 e. The molecule has 0 spiro atoms. The lowest BCUT2D eigenvalue weighted by atomic mass is 9.85. The lowest BCUT2D eigenvalue weighted by molar-refractivity contribution is 0.484. The highest BCUT2D eigenvalue weighted by molar-refractivity contribution is 6.09. The molecule has 0 aliphatic heterocycles. The molecule has 9 aromatic rings. The molecule has 2 aromatic heterocycles. The molecular formula is C63H65FN4O. The molecule has 350 valence electrons. The van der Waals surface area contributed by atoms with Gasteiger partial charge in [-0.05, 0) is 158 Å². The van der Waals surface area contributed by atoms with E-state index in [0.717, 1.165) is 73.2 Å². The number of rotatable bonds is 13. The van der Waals surface area contributed by atoms with Crippen molar-refractivity contribution in [2.75, 3.05) is 10.6 Å². The van der Waals surface area contributed by atoms with Gasteiger partial charge >= 0.3 is 0 Å². The molecule has 5 nitrogen and oxygen atoms in total. The topological polar surface area (TPSA) is 51.1 Å². The van der Waals surface area contributed by atoms with Gasteiger partial charge in [0.15, 0.2) is 0 Å². The second kappa shape index (κ2) is 19.1. The summed E-state index contributed by atoms with van der Waals surface area (Å²) in [5.74, 6) is 3.16. The average molecular weight is 913 g/mol. The highest BCUT2D eigenvalue weighted by Crippen LogP contribution is 2.44. The van der Waals surface area contributed by atoms with Crippen molar-refractivity contribution in [2.24, 2.45) is 0 Å². The highest BCUT2D eigenvalue weighted by Gasteiger charge is 2.22. The number of hydrogen-bond acceptors (Lipinski definition) is 4. The Morgan fingerprint density at radius 2 is 1.12 bits per heavy atom. The van der Waals surface area contributed by atoms with E-state index >= 15 is 0 Å². The van der Waals surface area contributed by atoms with Gasteiger partial charge in [0.2, 0.25) is 0 Å². The molecule has 0 saturated heterocycles. The van der Waals surface area contributed by atoms with E-state index < -0.39 is 0 Å². The zero-order valence-corrected chi connectivity index (χ0v) is 42.0. The van der Waals surface area contributed by atoms with Crippen LogP contribution in [0.25, 0.3) is 49.9 Å². The zero-order valence-electron chi connectivity index (χ0n) is 42.0. The molecule has 69 heavy (non-hydrogen) atoms. The number of halogens is 1. The van der Waals surface area contributed by atoms with Gasteiger partial charge in [0.05, 0.1) is 22.4 Å². The van der Waals surface area contributed by atoms with Crippen molar-refractivity contribution in [1.29, 1.82) is 0 Å². The summed E-state index contributed by atoms with van der Waals surface area (Å²) in [4.78, 5) is 4.93. The maximum atomic E-state index is 14.0. The van der Waals surface area contributed by atoms with E-state index in [4.69, 9.17) is 9.72 Å². The third-order valence-corrected chi connectivity index (χ3v) is 13.4. The van der Waals surface area contributed by atoms with E-state index in [1.165, 1.54) is 50.9 Å². The number of hydrogen-bond donors (Lipinski definition) is 2. The van der Waals surface area contributed by atoms with Crippen LogP contribution < -0.4 is 15.4 Å². The van der Waals surface area contributed by atoms with Crippen molar-refractivity contribution in [3.05, 3.63) is 191 Å². The number of benzene rings is 7. The molecule has 9 rings (SSSR count). The Labute approximate surface area is 408 Å². The molecule has 7 aromatic carbocycles. The SMILES string of the molecule is CC(C)c1cc(-c2ccc(F)cc2)cc(C(C)C)c1Nc1ccccc1Nc1cc(Oc2ccc3c4ccccc4n(-c4cc(C(C)(C)C)ccn4)c3c2)cc(-c2c(C(C)C)cccc2C(C)C)c1. The molecule has 0 unspecified atom stereocenters. The van der Waals surface area contributed by atoms with Crippen LogP contribution in [-0.4, -0.2) is 9.55 Å². The number of nitrogens with one attached hydrogen (secondary N) is 2. The maximum absolute atomic E-state index is 14.0. The summed E-state index contributed by atoms with van der Waals surface area (Å²) in [5, 5.41) is 10.1. The fraction of sp³-hybridized carbons (Fsp3) is 0.254. The largest absolute Gasteiger partial charge is 0.457 e. The number of pyridine rings is 1. The van der Waals surface area contributed by atoms with E-state index in [0.29, 0.717) is 11.8 Å². The van der Waals surface area contributed by atoms with Crippen LogP contribution in [0.5, 0.6) is 11.5 Å². The van der Waals surface area contributed by atoms with Gasteiger partial charge in [-0.1, -0.05) is 137 Å². The predicted molar refractivity (Wildman–Crippen MR) is 290 cm³/mol. The summed E-state index contributed by atoms with van der Waals surface area (Å²) < 4.78 is 23.3. The second-order valence-electron chi connectivity index (χ2n) is 20.8. The summed E-state index contributed by atoms with van der Waals surface area (Å²) in [6, 6.07) is 52.3. The summed E-state index contributed by atoms with van der Waals surface area (Å²) in [6.45, 7) is 24.7. The van der Waals surface area contributed by atoms with Crippen LogP contribution in [0.4, 0.5) is 27.1 Å². The van der Waals surface area contributed by atoms with Crippen LogP contribution in [0.15, 0.2) is 158 Å². The summed E-state index contributed by atoms with van der Waals surface area (Å²) >= 11 is 0. The first-order valence-corrected chi connectivity index (χ1v) is 24.6. The summed E-state index contributed by atoms with van der Waals surface area (Å²) in [5.41, 5.74) is 16.6. The summed E-state index contributed by atoms with van der Waals surface area (Å²) in [7, 11) is 0. The first-order valence-electron chi connectivity index (χ1n) is 24.6. The van der Waals surface area contributed by atoms with Crippen LogP contribution in [-0.2, 0) is 5.41 Å². The Bertz CT molecular complexity index is 3260. The predicted octanol–water partition coefficient (Wildman–Crippen LogP) is 18.7. The number of nitrogens with zero attached hydrogens (tertiary/aromatic N) is 2. The van der Waals surface area contributed by atoms with E-state index in [2.05, 4.69) is 219 Å². The minimum Gasteiger partial charge on any atom is -0.457 e. The van der Waals surface area contributed by atoms with Crippen molar-refractivity contribution in [1.82, 2.24) is 9.55 Å². The van der Waals surface area contributed by atoms with Gasteiger partial charge in [0.25, 0.3) is 0 Å². The van der Waals surface area contributed by atoms with E-state index in [-0.39, 0.29) is 23.1 Å². The normalized spacial score (nSPS) is 12.0. The third kappa shape index (κ3) is 9.63. The van der Waals surface area contributed by atoms with Crippen molar-refractivity contribution >= 4 is 44.6 Å². The number of aromatic nitrogens is 2. The van der Waals surface area contributed by atoms with Gasteiger partial charge in [-0.15, -0.1) is 0 Å². The van der Waals surface area contributed by atoms with Crippen molar-refractivity contribution in [2.45, 2.75) is 105 Å². The highest BCUT2D eigenvalue weighted by atomic mass is 19.1. The molecule has 0 atom stereocenters. The van der Waals surface area contributed by atoms with Gasteiger partial charge in [0.1, 0.15) is 23.1 Å². The fourth-order valence-electron chi connectivity index (χ4n) is 9.71. The van der Waals surface area contributed by atoms with Gasteiger partial charge in [-0.2, -0.15) is 0 Å². The van der Waals surface area contributed by atoms with E-state index in [9.17, 15) is 4.39 Å². The van der Waals surface area contributed by atoms with Crippen LogP contribution in [0.2, 0.25) is 0 Å². The Morgan fingerprint density at radius 1 is 0.507 bits per heavy atom. The third-order valence-electron chi connectivity index (χ3n) is 13.4. The van der Waals surface area contributed by atoms with E-state index in [1.807, 2.05) is 18.3 Å². The molecule has 2 N–H and O–H groups in total. The quantitative estimate of drug-likeness (QED) is 0.121. The zero-order chi connectivity index (χ0) is 48.7. The number of ether oxygens (including phenoxy) is 1. The standard InChI is InChI=1S/C63H65FN4O/c1-38(2)50-18-16-19-51(39(3)4)61(50)44-31-47(66-56-20-13-14-21-57(56)67-62-54(40(5)6)33-43(34-55(62)41(7)8)42-23-25-46(64)26-24-42)36-49(32-44)69-48-27-28-53-52-17-12-15-22-58(52)68(59(53)37-48)60-35-45(29-30-65-60)63(9,10)11/h12-41,66-67H,1-11H3. The molecular weight excluding hydrogens is 848 g/mol. The molecule has 6 heteroatoms. The molecule has 0 saturated carbocycles. The average Bonchev–Trinajstić information content (AvgIpc) is 3.65.